The minimum Gasteiger partial charge on any atom is -0.395 e. The Balaban J connectivity index is 1.94. The van der Waals surface area contributed by atoms with E-state index in [2.05, 4.69) is 4.72 Å². The number of aliphatic hydroxyl groups is 1. The van der Waals surface area contributed by atoms with Crippen molar-refractivity contribution < 1.29 is 21.9 Å². The summed E-state index contributed by atoms with van der Waals surface area (Å²) in [6.07, 6.45) is 7.45. The maximum absolute atomic E-state index is 12.9. The minimum atomic E-state index is -3.70. The van der Waals surface area contributed by atoms with Crippen molar-refractivity contribution in [3.8, 4) is 0 Å². The number of nitrogens with zero attached hydrogens (tertiary/aromatic N) is 3. The zero-order chi connectivity index (χ0) is 19.8. The van der Waals surface area contributed by atoms with Crippen LogP contribution in [0.1, 0.15) is 51.4 Å². The summed E-state index contributed by atoms with van der Waals surface area (Å²) in [4.78, 5) is 0. The molecule has 0 aromatic rings. The fraction of sp³-hybridized carbons (Fsp3) is 1.00. The summed E-state index contributed by atoms with van der Waals surface area (Å²) in [5.74, 6) is 0. The lowest BCUT2D eigenvalue weighted by Crippen LogP contribution is -2.49. The van der Waals surface area contributed by atoms with Gasteiger partial charge in [-0.05, 0) is 25.7 Å². The zero-order valence-electron chi connectivity index (χ0n) is 16.1. The van der Waals surface area contributed by atoms with Crippen molar-refractivity contribution in [1.29, 1.82) is 0 Å². The van der Waals surface area contributed by atoms with Crippen LogP contribution in [0.5, 0.6) is 0 Å². The lowest BCUT2D eigenvalue weighted by atomic mass is 10.2. The van der Waals surface area contributed by atoms with Gasteiger partial charge in [0.2, 0.25) is 0 Å². The fourth-order valence-corrected chi connectivity index (χ4v) is 6.51. The largest absolute Gasteiger partial charge is 0.395 e. The zero-order valence-corrected chi connectivity index (χ0v) is 17.7. The van der Waals surface area contributed by atoms with Gasteiger partial charge < -0.3 is 5.11 Å². The molecule has 0 spiro atoms. The van der Waals surface area contributed by atoms with Crippen molar-refractivity contribution >= 4 is 20.4 Å². The fourth-order valence-electron chi connectivity index (χ4n) is 3.56. The monoisotopic (exact) mass is 426 g/mol. The van der Waals surface area contributed by atoms with Crippen LogP contribution in [-0.2, 0) is 20.4 Å². The van der Waals surface area contributed by atoms with Crippen molar-refractivity contribution in [1.82, 2.24) is 17.6 Å². The highest BCUT2D eigenvalue weighted by Gasteiger charge is 2.30. The molecule has 9 nitrogen and oxygen atoms in total. The van der Waals surface area contributed by atoms with Crippen molar-refractivity contribution in [3.05, 3.63) is 0 Å². The highest BCUT2D eigenvalue weighted by atomic mass is 32.2. The minimum absolute atomic E-state index is 0.00641. The van der Waals surface area contributed by atoms with Gasteiger partial charge in [-0.25, -0.2) is 4.72 Å². The number of hydrogen-bond acceptors (Lipinski definition) is 5. The van der Waals surface area contributed by atoms with Crippen LogP contribution in [0.3, 0.4) is 0 Å². The first-order chi connectivity index (χ1) is 12.9. The molecule has 2 aliphatic heterocycles. The molecule has 0 saturated carbocycles. The van der Waals surface area contributed by atoms with E-state index in [1.807, 2.05) is 0 Å². The van der Waals surface area contributed by atoms with E-state index in [9.17, 15) is 21.9 Å². The molecule has 2 heterocycles. The summed E-state index contributed by atoms with van der Waals surface area (Å²) >= 11 is 0. The molecule has 0 atom stereocenters. The molecule has 0 bridgehead atoms. The van der Waals surface area contributed by atoms with E-state index >= 15 is 0 Å². The molecule has 0 radical (unpaired) electrons. The van der Waals surface area contributed by atoms with Crippen molar-refractivity contribution in [2.24, 2.45) is 0 Å². The van der Waals surface area contributed by atoms with E-state index in [-0.39, 0.29) is 26.2 Å². The number of hydrogen-bond donors (Lipinski definition) is 2. The molecule has 2 N–H and O–H groups in total. The van der Waals surface area contributed by atoms with E-state index in [1.165, 1.54) is 12.9 Å². The van der Waals surface area contributed by atoms with Crippen LogP contribution < -0.4 is 4.72 Å². The highest BCUT2D eigenvalue weighted by molar-refractivity contribution is 7.87. The van der Waals surface area contributed by atoms with Crippen LogP contribution in [0.2, 0.25) is 0 Å². The summed E-state index contributed by atoms with van der Waals surface area (Å²) in [6.45, 7) is 1.62. The molecule has 0 amide bonds. The average molecular weight is 427 g/mol. The van der Waals surface area contributed by atoms with Crippen LogP contribution >= 0.6 is 0 Å². The van der Waals surface area contributed by atoms with Gasteiger partial charge in [0.15, 0.2) is 0 Å². The van der Waals surface area contributed by atoms with E-state index < -0.39 is 20.4 Å². The maximum atomic E-state index is 12.9. The lowest BCUT2D eigenvalue weighted by molar-refractivity contribution is 0.244. The molecule has 2 saturated heterocycles. The molecule has 0 aromatic carbocycles. The van der Waals surface area contributed by atoms with E-state index in [1.54, 1.807) is 0 Å². The lowest BCUT2D eigenvalue weighted by Gasteiger charge is -2.29. The van der Waals surface area contributed by atoms with Gasteiger partial charge in [-0.2, -0.15) is 29.8 Å². The predicted molar refractivity (Wildman–Crippen MR) is 105 cm³/mol. The van der Waals surface area contributed by atoms with Gasteiger partial charge in [0, 0.05) is 45.8 Å². The van der Waals surface area contributed by atoms with Crippen molar-refractivity contribution in [2.45, 2.75) is 51.4 Å². The van der Waals surface area contributed by atoms with Gasteiger partial charge in [0.25, 0.3) is 20.4 Å². The van der Waals surface area contributed by atoms with Crippen LogP contribution in [0.25, 0.3) is 0 Å². The SMILES string of the molecule is O=S(=O)(NCCN(CCO)S(=O)(=O)N1CCCCCC1)N1CCCCCC1. The third kappa shape index (κ3) is 6.91. The second-order valence-electron chi connectivity index (χ2n) is 7.16. The molecule has 0 aliphatic carbocycles. The van der Waals surface area contributed by atoms with Gasteiger partial charge in [0.05, 0.1) is 6.61 Å². The second-order valence-corrected chi connectivity index (χ2v) is 10.8. The van der Waals surface area contributed by atoms with Gasteiger partial charge in [-0.15, -0.1) is 0 Å². The Bertz CT molecular complexity index is 625. The Kier molecular flexibility index (Phi) is 9.39. The second kappa shape index (κ2) is 11.0. The number of nitrogens with one attached hydrogen (secondary N) is 1. The maximum Gasteiger partial charge on any atom is 0.282 e. The summed E-state index contributed by atoms with van der Waals surface area (Å²) in [7, 11) is -7.31. The van der Waals surface area contributed by atoms with Crippen molar-refractivity contribution in [3.63, 3.8) is 0 Å². The Morgan fingerprint density at radius 2 is 1.22 bits per heavy atom. The van der Waals surface area contributed by atoms with Crippen molar-refractivity contribution in [2.75, 3.05) is 52.4 Å². The first-order valence-corrected chi connectivity index (χ1v) is 12.8. The first kappa shape index (κ1) is 23.0. The Morgan fingerprint density at radius 1 is 0.741 bits per heavy atom. The number of rotatable bonds is 9. The first-order valence-electron chi connectivity index (χ1n) is 9.99. The van der Waals surface area contributed by atoms with E-state index in [4.69, 9.17) is 0 Å². The molecule has 11 heteroatoms. The predicted octanol–water partition coefficient (Wildman–Crippen LogP) is 0.112. The smallest absolute Gasteiger partial charge is 0.282 e. The summed E-state index contributed by atoms with van der Waals surface area (Å²) < 4.78 is 57.3. The summed E-state index contributed by atoms with van der Waals surface area (Å²) in [5, 5.41) is 9.28. The topological polar surface area (TPSA) is 110 Å². The standard InChI is InChI=1S/C16H34N4O5S2/c21-16-15-20(27(24,25)19-12-7-3-4-8-13-19)14-9-17-26(22,23)18-10-5-1-2-6-11-18/h17,21H,1-16H2. The average Bonchev–Trinajstić information content (AvgIpc) is 3.06. The van der Waals surface area contributed by atoms with Gasteiger partial charge in [-0.1, -0.05) is 25.7 Å². The number of aliphatic hydroxyl groups excluding tert-OH is 1. The van der Waals surface area contributed by atoms with E-state index in [0.29, 0.717) is 26.2 Å². The molecule has 0 unspecified atom stereocenters. The third-order valence-electron chi connectivity index (χ3n) is 5.12. The summed E-state index contributed by atoms with van der Waals surface area (Å²) in [6, 6.07) is 0. The van der Waals surface area contributed by atoms with E-state index in [0.717, 1.165) is 51.4 Å². The Morgan fingerprint density at radius 3 is 1.70 bits per heavy atom. The van der Waals surface area contributed by atoms with Crippen LogP contribution in [0, 0.1) is 0 Å². The third-order valence-corrected chi connectivity index (χ3v) is 8.77. The van der Waals surface area contributed by atoms with Gasteiger partial charge in [-0.3, -0.25) is 0 Å². The van der Waals surface area contributed by atoms with Gasteiger partial charge >= 0.3 is 0 Å². The molecule has 2 fully saturated rings. The molecule has 160 valence electrons. The molecular weight excluding hydrogens is 392 g/mol. The molecular formula is C16H34N4O5S2. The van der Waals surface area contributed by atoms with Crippen LogP contribution in [0.4, 0.5) is 0 Å². The normalized spacial score (nSPS) is 21.9. The molecule has 27 heavy (non-hydrogen) atoms. The quantitative estimate of drug-likeness (QED) is 0.544. The van der Waals surface area contributed by atoms with Crippen LogP contribution in [0.15, 0.2) is 0 Å². The van der Waals surface area contributed by atoms with Crippen LogP contribution in [-0.4, -0.2) is 87.3 Å². The molecule has 0 aromatic heterocycles. The highest BCUT2D eigenvalue weighted by Crippen LogP contribution is 2.16. The molecule has 2 aliphatic rings. The summed E-state index contributed by atoms with van der Waals surface area (Å²) in [5.41, 5.74) is 0. The van der Waals surface area contributed by atoms with Gasteiger partial charge in [0.1, 0.15) is 0 Å². The Hall–Kier alpha value is -0.300. The Labute approximate surface area is 164 Å². The molecule has 2 rings (SSSR count).